The number of aromatic nitrogens is 3. The van der Waals surface area contributed by atoms with Gasteiger partial charge in [0.05, 0.1) is 17.5 Å². The summed E-state index contributed by atoms with van der Waals surface area (Å²) in [5.41, 5.74) is 3.06. The van der Waals surface area contributed by atoms with Crippen LogP contribution >= 0.6 is 23.6 Å². The topological polar surface area (TPSA) is 64.8 Å². The van der Waals surface area contributed by atoms with Gasteiger partial charge < -0.3 is 14.9 Å². The van der Waals surface area contributed by atoms with Crippen molar-refractivity contribution in [3.05, 3.63) is 44.6 Å². The molecule has 5 nitrogen and oxygen atoms in total. The third-order valence-corrected chi connectivity index (χ3v) is 6.14. The molecule has 1 atom stereocenters. The minimum atomic E-state index is 0.175. The SMILES string of the molecule is Cc1[nH]c(=S)sc1CC(=O)N1CCCC(c2nc3ccccc3[nH]2)C1. The fourth-order valence-electron chi connectivity index (χ4n) is 3.45. The molecule has 1 aliphatic heterocycles. The van der Waals surface area contributed by atoms with Gasteiger partial charge in [0.1, 0.15) is 5.82 Å². The van der Waals surface area contributed by atoms with Crippen molar-refractivity contribution in [2.45, 2.75) is 32.1 Å². The Morgan fingerprint density at radius 3 is 3.00 bits per heavy atom. The van der Waals surface area contributed by atoms with Gasteiger partial charge in [-0.25, -0.2) is 4.98 Å². The molecule has 1 unspecified atom stereocenters. The number of likely N-dealkylation sites (tertiary alicyclic amines) is 1. The third-order valence-electron chi connectivity index (χ3n) is 4.80. The van der Waals surface area contributed by atoms with Gasteiger partial charge in [-0.15, -0.1) is 11.3 Å². The number of thiazole rings is 1. The zero-order valence-corrected chi connectivity index (χ0v) is 15.7. The Balaban J connectivity index is 1.49. The molecule has 0 aliphatic carbocycles. The highest BCUT2D eigenvalue weighted by molar-refractivity contribution is 7.73. The number of para-hydroxylation sites is 2. The number of aromatic amines is 2. The Kier molecular flexibility index (Phi) is 4.43. The molecule has 1 aromatic carbocycles. The molecular formula is C18H20N4OS2. The first-order chi connectivity index (χ1) is 12.1. The van der Waals surface area contributed by atoms with Crippen LogP contribution in [0.4, 0.5) is 0 Å². The lowest BCUT2D eigenvalue weighted by molar-refractivity contribution is -0.131. The number of aryl methyl sites for hydroxylation is 1. The van der Waals surface area contributed by atoms with Gasteiger partial charge in [-0.3, -0.25) is 4.79 Å². The van der Waals surface area contributed by atoms with Crippen LogP contribution in [-0.4, -0.2) is 38.8 Å². The van der Waals surface area contributed by atoms with E-state index in [0.29, 0.717) is 6.42 Å². The Hall–Kier alpha value is -1.99. The van der Waals surface area contributed by atoms with Crippen LogP contribution in [0.2, 0.25) is 0 Å². The Bertz CT molecular complexity index is 938. The van der Waals surface area contributed by atoms with Gasteiger partial charge in [-0.2, -0.15) is 0 Å². The normalized spacial score (nSPS) is 18.0. The highest BCUT2D eigenvalue weighted by atomic mass is 32.1. The Morgan fingerprint density at radius 1 is 1.40 bits per heavy atom. The molecule has 0 saturated carbocycles. The molecule has 1 amide bonds. The summed E-state index contributed by atoms with van der Waals surface area (Å²) in [5.74, 6) is 1.44. The first-order valence-electron chi connectivity index (χ1n) is 8.51. The average Bonchev–Trinajstić information content (AvgIpc) is 3.18. The van der Waals surface area contributed by atoms with Crippen molar-refractivity contribution in [3.63, 3.8) is 0 Å². The smallest absolute Gasteiger partial charge is 0.227 e. The molecule has 7 heteroatoms. The van der Waals surface area contributed by atoms with E-state index < -0.39 is 0 Å². The summed E-state index contributed by atoms with van der Waals surface area (Å²) < 4.78 is 0.735. The van der Waals surface area contributed by atoms with Gasteiger partial charge >= 0.3 is 0 Å². The summed E-state index contributed by atoms with van der Waals surface area (Å²) in [7, 11) is 0. The van der Waals surface area contributed by atoms with E-state index in [9.17, 15) is 4.79 Å². The molecule has 4 rings (SSSR count). The quantitative estimate of drug-likeness (QED) is 0.685. The van der Waals surface area contributed by atoms with Crippen LogP contribution in [0.5, 0.6) is 0 Å². The van der Waals surface area contributed by atoms with Gasteiger partial charge in [0.25, 0.3) is 0 Å². The molecule has 3 heterocycles. The number of amides is 1. The molecule has 0 spiro atoms. The maximum atomic E-state index is 12.7. The Labute approximate surface area is 155 Å². The summed E-state index contributed by atoms with van der Waals surface area (Å²) in [5, 5.41) is 0. The molecule has 1 fully saturated rings. The molecule has 130 valence electrons. The molecule has 1 saturated heterocycles. The molecule has 2 N–H and O–H groups in total. The third kappa shape index (κ3) is 3.39. The van der Waals surface area contributed by atoms with Gasteiger partial charge in [0.2, 0.25) is 5.91 Å². The van der Waals surface area contributed by atoms with Crippen LogP contribution in [0, 0.1) is 10.9 Å². The Morgan fingerprint density at radius 2 is 2.24 bits per heavy atom. The first-order valence-corrected chi connectivity index (χ1v) is 9.73. The number of imidazole rings is 1. The maximum Gasteiger partial charge on any atom is 0.227 e. The number of piperidine rings is 1. The van der Waals surface area contributed by atoms with Crippen molar-refractivity contribution in [1.82, 2.24) is 19.9 Å². The first kappa shape index (κ1) is 16.5. The maximum absolute atomic E-state index is 12.7. The lowest BCUT2D eigenvalue weighted by Gasteiger charge is -2.32. The predicted molar refractivity (Wildman–Crippen MR) is 103 cm³/mol. The number of fused-ring (bicyclic) bond motifs is 1. The largest absolute Gasteiger partial charge is 0.342 e. The number of H-pyrrole nitrogens is 2. The monoisotopic (exact) mass is 372 g/mol. The molecule has 0 bridgehead atoms. The van der Waals surface area contributed by atoms with Crippen molar-refractivity contribution in [2.75, 3.05) is 13.1 Å². The molecular weight excluding hydrogens is 352 g/mol. The number of rotatable bonds is 3. The summed E-state index contributed by atoms with van der Waals surface area (Å²) in [6, 6.07) is 8.07. The van der Waals surface area contributed by atoms with E-state index in [0.717, 1.165) is 57.3 Å². The lowest BCUT2D eigenvalue weighted by atomic mass is 9.97. The van der Waals surface area contributed by atoms with Crippen LogP contribution in [0.3, 0.4) is 0 Å². The molecule has 25 heavy (non-hydrogen) atoms. The van der Waals surface area contributed by atoms with E-state index in [1.54, 1.807) is 0 Å². The summed E-state index contributed by atoms with van der Waals surface area (Å²) >= 11 is 6.67. The van der Waals surface area contributed by atoms with Crippen LogP contribution in [0.15, 0.2) is 24.3 Å². The van der Waals surface area contributed by atoms with Crippen LogP contribution in [0.25, 0.3) is 11.0 Å². The average molecular weight is 373 g/mol. The zero-order valence-electron chi connectivity index (χ0n) is 14.0. The second-order valence-corrected chi connectivity index (χ2v) is 8.33. The van der Waals surface area contributed by atoms with Crippen molar-refractivity contribution in [3.8, 4) is 0 Å². The summed E-state index contributed by atoms with van der Waals surface area (Å²) in [6.07, 6.45) is 2.50. The fraction of sp³-hybridized carbons (Fsp3) is 0.389. The van der Waals surface area contributed by atoms with Crippen LogP contribution in [0.1, 0.15) is 35.2 Å². The van der Waals surface area contributed by atoms with Crippen LogP contribution in [-0.2, 0) is 11.2 Å². The molecule has 0 radical (unpaired) electrons. The van der Waals surface area contributed by atoms with E-state index in [1.165, 1.54) is 11.3 Å². The summed E-state index contributed by atoms with van der Waals surface area (Å²) in [4.78, 5) is 27.0. The number of nitrogens with one attached hydrogen (secondary N) is 2. The van der Waals surface area contributed by atoms with E-state index in [1.807, 2.05) is 36.1 Å². The fourth-order valence-corrected chi connectivity index (χ4v) is 4.73. The minimum absolute atomic E-state index is 0.175. The van der Waals surface area contributed by atoms with Gasteiger partial charge in [-0.1, -0.05) is 12.1 Å². The standard InChI is InChI=1S/C18H20N4OS2/c1-11-15(25-18(24)19-11)9-16(23)22-8-4-5-12(10-22)17-20-13-6-2-3-7-14(13)21-17/h2-3,6-7,12H,4-5,8-10H2,1H3,(H,19,24)(H,20,21). The highest BCUT2D eigenvalue weighted by Gasteiger charge is 2.27. The number of carbonyl (C=O) groups excluding carboxylic acids is 1. The van der Waals surface area contributed by atoms with Crippen molar-refractivity contribution in [2.24, 2.45) is 0 Å². The second kappa shape index (κ2) is 6.72. The lowest BCUT2D eigenvalue weighted by Crippen LogP contribution is -2.40. The number of benzene rings is 1. The molecule has 3 aromatic rings. The van der Waals surface area contributed by atoms with Gasteiger partial charge in [-0.05, 0) is 44.1 Å². The van der Waals surface area contributed by atoms with Crippen molar-refractivity contribution < 1.29 is 4.79 Å². The highest BCUT2D eigenvalue weighted by Crippen LogP contribution is 2.27. The summed E-state index contributed by atoms with van der Waals surface area (Å²) in [6.45, 7) is 3.53. The minimum Gasteiger partial charge on any atom is -0.342 e. The number of hydrogen-bond acceptors (Lipinski definition) is 4. The van der Waals surface area contributed by atoms with Crippen LogP contribution < -0.4 is 0 Å². The van der Waals surface area contributed by atoms with E-state index in [2.05, 4.69) is 9.97 Å². The van der Waals surface area contributed by atoms with Gasteiger partial charge in [0.15, 0.2) is 3.95 Å². The number of nitrogens with zero attached hydrogens (tertiary/aromatic N) is 2. The number of carbonyl (C=O) groups is 1. The second-order valence-electron chi connectivity index (χ2n) is 6.56. The zero-order chi connectivity index (χ0) is 17.4. The van der Waals surface area contributed by atoms with Crippen molar-refractivity contribution in [1.29, 1.82) is 0 Å². The van der Waals surface area contributed by atoms with E-state index >= 15 is 0 Å². The predicted octanol–water partition coefficient (Wildman–Crippen LogP) is 3.94. The molecule has 1 aliphatic rings. The van der Waals surface area contributed by atoms with E-state index in [4.69, 9.17) is 17.2 Å². The van der Waals surface area contributed by atoms with Crippen molar-refractivity contribution >= 4 is 40.5 Å². The van der Waals surface area contributed by atoms with E-state index in [-0.39, 0.29) is 11.8 Å². The number of hydrogen-bond donors (Lipinski definition) is 2. The van der Waals surface area contributed by atoms with Gasteiger partial charge in [0, 0.05) is 29.6 Å². The molecule has 2 aromatic heterocycles.